The van der Waals surface area contributed by atoms with Crippen molar-refractivity contribution in [1.29, 1.82) is 0 Å². The number of hydrogen-bond acceptors (Lipinski definition) is 6. The Kier molecular flexibility index (Phi) is 6.20. The molecule has 0 aliphatic heterocycles. The Labute approximate surface area is 170 Å². The predicted molar refractivity (Wildman–Crippen MR) is 113 cm³/mol. The van der Waals surface area contributed by atoms with Gasteiger partial charge in [-0.2, -0.15) is 0 Å². The lowest BCUT2D eigenvalue weighted by molar-refractivity contribution is 0.0665. The molecule has 1 N–H and O–H groups in total. The maximum Gasteiger partial charge on any atom is 0.120 e. The van der Waals surface area contributed by atoms with Crippen LogP contribution in [0.5, 0.6) is 5.75 Å². The zero-order valence-corrected chi connectivity index (χ0v) is 17.1. The lowest BCUT2D eigenvalue weighted by Crippen LogP contribution is -2.38. The van der Waals surface area contributed by atoms with Gasteiger partial charge in [-0.3, -0.25) is 14.9 Å². The van der Waals surface area contributed by atoms with Crippen molar-refractivity contribution in [1.82, 2.24) is 14.9 Å². The standard InChI is InChI=1S/C22H27N3O2S/c1-2-27-20-9-10-22-16(11-20)3-4-17(24-22)13-25(14-21-12-23-15-28-21)18-5-7-19(26)8-6-18/h3-4,9-12,15,18-19,26H,2,5-8,13-14H2,1H3. The lowest BCUT2D eigenvalue weighted by atomic mass is 9.92. The summed E-state index contributed by atoms with van der Waals surface area (Å²) < 4.78 is 5.59. The van der Waals surface area contributed by atoms with Crippen LogP contribution in [-0.4, -0.2) is 38.7 Å². The number of aliphatic hydroxyl groups excluding tert-OH is 1. The van der Waals surface area contributed by atoms with E-state index in [0.717, 1.165) is 61.1 Å². The van der Waals surface area contributed by atoms with Gasteiger partial charge in [0.15, 0.2) is 0 Å². The number of ether oxygens (including phenoxy) is 1. The average molecular weight is 398 g/mol. The molecule has 0 bridgehead atoms. The molecule has 2 heterocycles. The van der Waals surface area contributed by atoms with Crippen LogP contribution in [0.2, 0.25) is 0 Å². The fraction of sp³-hybridized carbons (Fsp3) is 0.455. The molecule has 4 rings (SSSR count). The van der Waals surface area contributed by atoms with Crippen molar-refractivity contribution in [2.45, 2.75) is 57.8 Å². The molecule has 1 aliphatic carbocycles. The van der Waals surface area contributed by atoms with Gasteiger partial charge in [0, 0.05) is 35.6 Å². The molecule has 0 saturated heterocycles. The summed E-state index contributed by atoms with van der Waals surface area (Å²) in [5.41, 5.74) is 3.97. The number of nitrogens with zero attached hydrogens (tertiary/aromatic N) is 3. The summed E-state index contributed by atoms with van der Waals surface area (Å²) in [5.74, 6) is 0.886. The van der Waals surface area contributed by atoms with Crippen LogP contribution in [0.1, 0.15) is 43.2 Å². The second-order valence-electron chi connectivity index (χ2n) is 7.43. The van der Waals surface area contributed by atoms with E-state index in [1.54, 1.807) is 11.3 Å². The molecule has 0 spiro atoms. The van der Waals surface area contributed by atoms with E-state index in [-0.39, 0.29) is 6.10 Å². The second kappa shape index (κ2) is 8.99. The smallest absolute Gasteiger partial charge is 0.120 e. The monoisotopic (exact) mass is 397 g/mol. The molecule has 28 heavy (non-hydrogen) atoms. The molecular formula is C22H27N3O2S. The maximum atomic E-state index is 9.89. The molecule has 5 nitrogen and oxygen atoms in total. The minimum Gasteiger partial charge on any atom is -0.494 e. The van der Waals surface area contributed by atoms with Crippen molar-refractivity contribution in [2.24, 2.45) is 0 Å². The summed E-state index contributed by atoms with van der Waals surface area (Å²) in [6.45, 7) is 4.35. The van der Waals surface area contributed by atoms with E-state index in [0.29, 0.717) is 12.6 Å². The number of aromatic nitrogens is 2. The van der Waals surface area contributed by atoms with Crippen molar-refractivity contribution in [3.05, 3.63) is 52.6 Å². The highest BCUT2D eigenvalue weighted by Gasteiger charge is 2.25. The first-order chi connectivity index (χ1) is 13.7. The molecule has 148 valence electrons. The number of pyridine rings is 1. The Hall–Kier alpha value is -2.02. The van der Waals surface area contributed by atoms with Crippen LogP contribution in [0, 0.1) is 0 Å². The van der Waals surface area contributed by atoms with Crippen molar-refractivity contribution < 1.29 is 9.84 Å². The van der Waals surface area contributed by atoms with Gasteiger partial charge in [0.25, 0.3) is 0 Å². The first-order valence-electron chi connectivity index (χ1n) is 10.0. The first kappa shape index (κ1) is 19.3. The lowest BCUT2D eigenvalue weighted by Gasteiger charge is -2.35. The van der Waals surface area contributed by atoms with Gasteiger partial charge in [-0.05, 0) is 56.9 Å². The molecule has 2 aromatic heterocycles. The first-order valence-corrected chi connectivity index (χ1v) is 10.9. The number of aliphatic hydroxyl groups is 1. The van der Waals surface area contributed by atoms with Crippen LogP contribution in [0.3, 0.4) is 0 Å². The Morgan fingerprint density at radius 3 is 2.75 bits per heavy atom. The summed E-state index contributed by atoms with van der Waals surface area (Å²) in [6.07, 6.45) is 5.65. The van der Waals surface area contributed by atoms with Crippen molar-refractivity contribution >= 4 is 22.2 Å². The van der Waals surface area contributed by atoms with E-state index in [4.69, 9.17) is 9.72 Å². The quantitative estimate of drug-likeness (QED) is 0.640. The molecule has 0 unspecified atom stereocenters. The summed E-state index contributed by atoms with van der Waals surface area (Å²) >= 11 is 1.70. The van der Waals surface area contributed by atoms with Crippen LogP contribution in [0.15, 0.2) is 42.0 Å². The van der Waals surface area contributed by atoms with Gasteiger partial charge in [-0.25, -0.2) is 0 Å². The number of fused-ring (bicyclic) bond motifs is 1. The highest BCUT2D eigenvalue weighted by atomic mass is 32.1. The Morgan fingerprint density at radius 1 is 1.14 bits per heavy atom. The van der Waals surface area contributed by atoms with Crippen LogP contribution >= 0.6 is 11.3 Å². The molecular weight excluding hydrogens is 370 g/mol. The van der Waals surface area contributed by atoms with E-state index >= 15 is 0 Å². The summed E-state index contributed by atoms with van der Waals surface area (Å²) in [7, 11) is 0. The van der Waals surface area contributed by atoms with Crippen LogP contribution < -0.4 is 4.74 Å². The Morgan fingerprint density at radius 2 is 2.00 bits per heavy atom. The molecule has 1 saturated carbocycles. The molecule has 6 heteroatoms. The SMILES string of the molecule is CCOc1ccc2nc(CN(Cc3cncs3)C3CCC(O)CC3)ccc2c1. The predicted octanol–water partition coefficient (Wildman–Crippen LogP) is 4.40. The zero-order chi connectivity index (χ0) is 19.3. The van der Waals surface area contributed by atoms with Gasteiger partial charge in [-0.1, -0.05) is 6.07 Å². The molecule has 1 aromatic carbocycles. The van der Waals surface area contributed by atoms with Gasteiger partial charge in [0.2, 0.25) is 0 Å². The number of rotatable bonds is 7. The van der Waals surface area contributed by atoms with Crippen LogP contribution in [0.4, 0.5) is 0 Å². The van der Waals surface area contributed by atoms with Gasteiger partial charge < -0.3 is 9.84 Å². The van der Waals surface area contributed by atoms with Gasteiger partial charge in [0.05, 0.1) is 29.4 Å². The van der Waals surface area contributed by atoms with Crippen molar-refractivity contribution in [3.8, 4) is 5.75 Å². The van der Waals surface area contributed by atoms with E-state index in [1.807, 2.05) is 36.8 Å². The fourth-order valence-corrected chi connectivity index (χ4v) is 4.58. The fourth-order valence-electron chi connectivity index (χ4n) is 3.96. The second-order valence-corrected chi connectivity index (χ2v) is 8.40. The topological polar surface area (TPSA) is 58.5 Å². The molecule has 0 atom stereocenters. The van der Waals surface area contributed by atoms with Gasteiger partial charge in [-0.15, -0.1) is 11.3 Å². The zero-order valence-electron chi connectivity index (χ0n) is 16.3. The van der Waals surface area contributed by atoms with E-state index < -0.39 is 0 Å². The largest absolute Gasteiger partial charge is 0.494 e. The van der Waals surface area contributed by atoms with Crippen molar-refractivity contribution in [3.63, 3.8) is 0 Å². The van der Waals surface area contributed by atoms with Crippen LogP contribution in [-0.2, 0) is 13.1 Å². The normalized spacial score (nSPS) is 20.0. The number of thiazole rings is 1. The maximum absolute atomic E-state index is 9.89. The molecule has 3 aromatic rings. The van der Waals surface area contributed by atoms with Crippen molar-refractivity contribution in [2.75, 3.05) is 6.61 Å². The van der Waals surface area contributed by atoms with E-state index in [2.05, 4.69) is 22.0 Å². The summed E-state index contributed by atoms with van der Waals surface area (Å²) in [4.78, 5) is 12.9. The third-order valence-corrected chi connectivity index (χ3v) is 6.18. The highest BCUT2D eigenvalue weighted by molar-refractivity contribution is 7.09. The van der Waals surface area contributed by atoms with Gasteiger partial charge >= 0.3 is 0 Å². The minimum absolute atomic E-state index is 0.139. The van der Waals surface area contributed by atoms with Crippen LogP contribution in [0.25, 0.3) is 10.9 Å². The minimum atomic E-state index is -0.139. The Bertz CT molecular complexity index is 892. The highest BCUT2D eigenvalue weighted by Crippen LogP contribution is 2.27. The Balaban J connectivity index is 1.54. The number of benzene rings is 1. The summed E-state index contributed by atoms with van der Waals surface area (Å²) in [5, 5.41) is 11.0. The van der Waals surface area contributed by atoms with E-state index in [1.165, 1.54) is 4.88 Å². The molecule has 1 fully saturated rings. The molecule has 0 amide bonds. The van der Waals surface area contributed by atoms with E-state index in [9.17, 15) is 5.11 Å². The number of hydrogen-bond donors (Lipinski definition) is 1. The third kappa shape index (κ3) is 4.69. The average Bonchev–Trinajstić information content (AvgIpc) is 3.22. The summed E-state index contributed by atoms with van der Waals surface area (Å²) in [6, 6.07) is 10.8. The molecule has 1 aliphatic rings. The third-order valence-electron chi connectivity index (χ3n) is 5.42. The molecule has 0 radical (unpaired) electrons. The van der Waals surface area contributed by atoms with Gasteiger partial charge in [0.1, 0.15) is 5.75 Å².